The average molecular weight is 241 g/mol. The van der Waals surface area contributed by atoms with Crippen molar-refractivity contribution in [3.63, 3.8) is 0 Å². The maximum absolute atomic E-state index is 11.6. The minimum Gasteiger partial charge on any atom is -0.469 e. The molecule has 0 bridgehead atoms. The summed E-state index contributed by atoms with van der Waals surface area (Å²) in [7, 11) is 0. The van der Waals surface area contributed by atoms with E-state index in [-0.39, 0.29) is 6.61 Å². The predicted octanol–water partition coefficient (Wildman–Crippen LogP) is 1.98. The first-order valence-corrected chi connectivity index (χ1v) is 5.45. The second-order valence-corrected chi connectivity index (χ2v) is 3.51. The number of hydrogen-bond donors (Lipinski definition) is 0. The summed E-state index contributed by atoms with van der Waals surface area (Å²) >= 11 is 0. The van der Waals surface area contributed by atoms with Crippen molar-refractivity contribution in [3.05, 3.63) is 34.3 Å². The number of hydrogen-bond acceptors (Lipinski definition) is 5. The fraction of sp³-hybridized carbons (Fsp3) is 0.545. The van der Waals surface area contributed by atoms with E-state index in [1.54, 1.807) is 26.0 Å². The van der Waals surface area contributed by atoms with Gasteiger partial charge in [0.15, 0.2) is 0 Å². The van der Waals surface area contributed by atoms with Crippen LogP contribution in [-0.2, 0) is 9.53 Å². The molecule has 0 N–H and O–H groups in total. The Bertz CT molecular complexity index is 373. The van der Waals surface area contributed by atoms with Crippen molar-refractivity contribution >= 4 is 5.97 Å². The van der Waals surface area contributed by atoms with Crippen LogP contribution in [0.5, 0.6) is 0 Å². The molecule has 2 atom stereocenters. The van der Waals surface area contributed by atoms with E-state index in [4.69, 9.17) is 9.15 Å². The molecule has 1 rings (SSSR count). The highest BCUT2D eigenvalue weighted by Gasteiger charge is 2.41. The zero-order valence-corrected chi connectivity index (χ0v) is 9.79. The van der Waals surface area contributed by atoms with Gasteiger partial charge in [-0.25, -0.2) is 4.79 Å². The van der Waals surface area contributed by atoms with Crippen LogP contribution < -0.4 is 0 Å². The molecule has 6 nitrogen and oxygen atoms in total. The summed E-state index contributed by atoms with van der Waals surface area (Å²) in [5, 5.41) is 11.0. The van der Waals surface area contributed by atoms with E-state index >= 15 is 0 Å². The molecule has 6 heteroatoms. The fourth-order valence-corrected chi connectivity index (χ4v) is 1.71. The van der Waals surface area contributed by atoms with Gasteiger partial charge in [0.25, 0.3) is 0 Å². The Hall–Kier alpha value is -1.85. The van der Waals surface area contributed by atoms with Gasteiger partial charge in [-0.2, -0.15) is 0 Å². The van der Waals surface area contributed by atoms with Gasteiger partial charge in [0, 0.05) is 4.92 Å². The van der Waals surface area contributed by atoms with Crippen LogP contribution in [0, 0.1) is 10.1 Å². The fourth-order valence-electron chi connectivity index (χ4n) is 1.71. The molecule has 17 heavy (non-hydrogen) atoms. The van der Waals surface area contributed by atoms with Crippen LogP contribution in [0.15, 0.2) is 22.8 Å². The van der Waals surface area contributed by atoms with Crippen LogP contribution in [0.3, 0.4) is 0 Å². The summed E-state index contributed by atoms with van der Waals surface area (Å²) in [6.07, 6.45) is 1.86. The highest BCUT2D eigenvalue weighted by molar-refractivity contribution is 5.75. The molecule has 0 aliphatic heterocycles. The largest absolute Gasteiger partial charge is 0.469 e. The lowest BCUT2D eigenvalue weighted by atomic mass is 9.94. The average Bonchev–Trinajstić information content (AvgIpc) is 2.78. The second-order valence-electron chi connectivity index (χ2n) is 3.51. The Morgan fingerprint density at radius 2 is 2.29 bits per heavy atom. The van der Waals surface area contributed by atoms with E-state index in [1.807, 2.05) is 0 Å². The third-order valence-corrected chi connectivity index (χ3v) is 2.48. The number of nitro groups is 1. The first-order chi connectivity index (χ1) is 8.11. The molecule has 0 radical (unpaired) electrons. The second kappa shape index (κ2) is 6.03. The van der Waals surface area contributed by atoms with Crippen molar-refractivity contribution in [2.45, 2.75) is 32.2 Å². The number of nitrogens with zero attached hydrogens (tertiary/aromatic N) is 1. The number of carbonyl (C=O) groups excluding carboxylic acids is 1. The van der Waals surface area contributed by atoms with Gasteiger partial charge in [-0.3, -0.25) is 10.1 Å². The third-order valence-electron chi connectivity index (χ3n) is 2.48. The summed E-state index contributed by atoms with van der Waals surface area (Å²) in [6.45, 7) is 3.50. The van der Waals surface area contributed by atoms with Crippen LogP contribution in [0.1, 0.15) is 31.9 Å². The predicted molar refractivity (Wildman–Crippen MR) is 59.2 cm³/mol. The van der Waals surface area contributed by atoms with Gasteiger partial charge in [0.05, 0.1) is 18.8 Å². The molecular weight excluding hydrogens is 226 g/mol. The molecule has 2 unspecified atom stereocenters. The van der Waals surface area contributed by atoms with Crippen molar-refractivity contribution in [3.8, 4) is 0 Å². The van der Waals surface area contributed by atoms with Gasteiger partial charge in [0.2, 0.25) is 0 Å². The van der Waals surface area contributed by atoms with E-state index in [0.717, 1.165) is 0 Å². The molecule has 1 aromatic heterocycles. The van der Waals surface area contributed by atoms with Crippen molar-refractivity contribution < 1.29 is 18.9 Å². The van der Waals surface area contributed by atoms with Crippen molar-refractivity contribution in [1.82, 2.24) is 0 Å². The first kappa shape index (κ1) is 13.2. The molecule has 0 saturated carbocycles. The van der Waals surface area contributed by atoms with Gasteiger partial charge >= 0.3 is 12.0 Å². The molecule has 1 aromatic rings. The Morgan fingerprint density at radius 1 is 1.59 bits per heavy atom. The van der Waals surface area contributed by atoms with Crippen LogP contribution >= 0.6 is 0 Å². The highest BCUT2D eigenvalue weighted by atomic mass is 16.6. The summed E-state index contributed by atoms with van der Waals surface area (Å²) in [4.78, 5) is 21.9. The molecule has 0 amide bonds. The van der Waals surface area contributed by atoms with E-state index in [2.05, 4.69) is 0 Å². The number of rotatable bonds is 6. The molecule has 1 heterocycles. The topological polar surface area (TPSA) is 82.6 Å². The summed E-state index contributed by atoms with van der Waals surface area (Å²) in [5.41, 5.74) is 0. The maximum Gasteiger partial charge on any atom is 0.382 e. The van der Waals surface area contributed by atoms with E-state index in [9.17, 15) is 14.9 Å². The lowest BCUT2D eigenvalue weighted by molar-refractivity contribution is -0.515. The normalized spacial score (nSPS) is 14.0. The number of furan rings is 1. The Morgan fingerprint density at radius 3 is 2.71 bits per heavy atom. The monoisotopic (exact) mass is 241 g/mol. The lowest BCUT2D eigenvalue weighted by Crippen LogP contribution is -2.37. The zero-order chi connectivity index (χ0) is 12.8. The molecule has 0 aliphatic carbocycles. The minimum atomic E-state index is -1.41. The molecule has 0 fully saturated rings. The first-order valence-electron chi connectivity index (χ1n) is 5.45. The van der Waals surface area contributed by atoms with Gasteiger partial charge in [-0.1, -0.05) is 6.92 Å². The number of ether oxygens (including phenoxy) is 1. The summed E-state index contributed by atoms with van der Waals surface area (Å²) in [5.74, 6) is -0.984. The van der Waals surface area contributed by atoms with Crippen LogP contribution in [0.25, 0.3) is 0 Å². The third kappa shape index (κ3) is 3.05. The van der Waals surface area contributed by atoms with E-state index < -0.39 is 22.9 Å². The maximum atomic E-state index is 11.6. The lowest BCUT2D eigenvalue weighted by Gasteiger charge is -2.16. The van der Waals surface area contributed by atoms with E-state index in [1.165, 1.54) is 6.26 Å². The minimum absolute atomic E-state index is 0.123. The molecule has 0 spiro atoms. The highest BCUT2D eigenvalue weighted by Crippen LogP contribution is 2.26. The van der Waals surface area contributed by atoms with Gasteiger partial charge in [-0.15, -0.1) is 0 Å². The van der Waals surface area contributed by atoms with Crippen molar-refractivity contribution in [2.24, 2.45) is 0 Å². The summed E-state index contributed by atoms with van der Waals surface area (Å²) in [6, 6.07) is 1.86. The van der Waals surface area contributed by atoms with Crippen LogP contribution in [0.2, 0.25) is 0 Å². The smallest absolute Gasteiger partial charge is 0.382 e. The molecule has 0 saturated heterocycles. The van der Waals surface area contributed by atoms with Crippen LogP contribution in [0.4, 0.5) is 0 Å². The Kier molecular flexibility index (Phi) is 4.68. The van der Waals surface area contributed by atoms with Crippen molar-refractivity contribution in [2.75, 3.05) is 6.61 Å². The molecule has 0 aromatic carbocycles. The zero-order valence-electron chi connectivity index (χ0n) is 9.79. The number of esters is 1. The SMILES string of the molecule is CCOC(=O)C(C(CC)c1ccco1)[N+](=O)[O-]. The number of carbonyl (C=O) groups is 1. The quantitative estimate of drug-likeness (QED) is 0.432. The molecular formula is C11H15NO5. The van der Waals surface area contributed by atoms with Crippen LogP contribution in [-0.4, -0.2) is 23.5 Å². The van der Waals surface area contributed by atoms with E-state index in [0.29, 0.717) is 12.2 Å². The van der Waals surface area contributed by atoms with Crippen molar-refractivity contribution in [1.29, 1.82) is 0 Å². The molecule has 0 aliphatic rings. The Labute approximate surface area is 98.7 Å². The van der Waals surface area contributed by atoms with Gasteiger partial charge < -0.3 is 9.15 Å². The molecule has 94 valence electrons. The van der Waals surface area contributed by atoms with Gasteiger partial charge in [0.1, 0.15) is 5.76 Å². The summed E-state index contributed by atoms with van der Waals surface area (Å²) < 4.78 is 9.86. The van der Waals surface area contributed by atoms with Gasteiger partial charge in [-0.05, 0) is 25.5 Å². The Balaban J connectivity index is 2.95. The standard InChI is InChI=1S/C11H15NO5/c1-3-8(9-6-5-7-17-9)10(12(14)15)11(13)16-4-2/h5-8,10H,3-4H2,1-2H3.